The lowest BCUT2D eigenvalue weighted by Crippen LogP contribution is -2.17. The molecule has 3 nitrogen and oxygen atoms in total. The number of benzene rings is 1. The minimum Gasteiger partial charge on any atom is -0.321 e. The molecule has 2 N–H and O–H groups in total. The zero-order chi connectivity index (χ0) is 13.7. The maximum atomic E-state index is 13.2. The van der Waals surface area contributed by atoms with Gasteiger partial charge in [0.2, 0.25) is 5.91 Å². The van der Waals surface area contributed by atoms with E-state index in [1.165, 1.54) is 0 Å². The number of hydrogen-bond donors (Lipinski definition) is 2. The molecule has 0 saturated heterocycles. The van der Waals surface area contributed by atoms with E-state index in [1.807, 2.05) is 5.32 Å². The van der Waals surface area contributed by atoms with Gasteiger partial charge < -0.3 is 10.6 Å². The zero-order valence-corrected chi connectivity index (χ0v) is 9.62. The van der Waals surface area contributed by atoms with Gasteiger partial charge in [0.1, 0.15) is 5.69 Å². The summed E-state index contributed by atoms with van der Waals surface area (Å²) in [4.78, 5) is 11.3. The molecule has 0 atom stereocenters. The quantitative estimate of drug-likeness (QED) is 0.486. The number of carbonyl (C=O) groups excluding carboxylic acids is 1. The van der Waals surface area contributed by atoms with Gasteiger partial charge in [-0.05, 0) is 20.0 Å². The van der Waals surface area contributed by atoms with Crippen LogP contribution in [0.3, 0.4) is 0 Å². The Morgan fingerprint density at radius 1 is 1.17 bits per heavy atom. The van der Waals surface area contributed by atoms with Gasteiger partial charge in [0.15, 0.2) is 23.3 Å². The predicted molar refractivity (Wildman–Crippen MR) is 58.1 cm³/mol. The highest BCUT2D eigenvalue weighted by molar-refractivity contribution is 5.90. The van der Waals surface area contributed by atoms with Crippen molar-refractivity contribution in [3.05, 3.63) is 29.3 Å². The Bertz CT molecular complexity index is 425. The molecule has 1 aromatic carbocycles. The molecule has 1 aromatic rings. The summed E-state index contributed by atoms with van der Waals surface area (Å²) in [6.45, 7) is 0.538. The van der Waals surface area contributed by atoms with E-state index in [4.69, 9.17) is 0 Å². The standard InChI is InChI=1S/C11H12F4N2O/c1-16-4-2-3-8(18)17-11-9(14)6(12)5-7(13)10(11)15/h5,16H,2-4H2,1H3,(H,17,18). The Balaban J connectivity index is 2.81. The first-order chi connectivity index (χ1) is 8.47. The minimum absolute atomic E-state index is 0.0160. The molecule has 7 heteroatoms. The highest BCUT2D eigenvalue weighted by Gasteiger charge is 2.20. The van der Waals surface area contributed by atoms with Crippen molar-refractivity contribution in [1.82, 2.24) is 5.32 Å². The Morgan fingerprint density at radius 2 is 1.72 bits per heavy atom. The first-order valence-corrected chi connectivity index (χ1v) is 5.24. The molecular weight excluding hydrogens is 252 g/mol. The van der Waals surface area contributed by atoms with Crippen LogP contribution in [0.2, 0.25) is 0 Å². The van der Waals surface area contributed by atoms with Gasteiger partial charge in [0.05, 0.1) is 0 Å². The highest BCUT2D eigenvalue weighted by Crippen LogP contribution is 2.24. The fourth-order valence-corrected chi connectivity index (χ4v) is 1.31. The van der Waals surface area contributed by atoms with E-state index in [2.05, 4.69) is 5.32 Å². The number of amides is 1. The number of anilines is 1. The number of rotatable bonds is 5. The molecule has 18 heavy (non-hydrogen) atoms. The van der Waals surface area contributed by atoms with E-state index in [-0.39, 0.29) is 12.5 Å². The lowest BCUT2D eigenvalue weighted by Gasteiger charge is -2.08. The molecule has 0 unspecified atom stereocenters. The molecule has 0 aliphatic heterocycles. The summed E-state index contributed by atoms with van der Waals surface area (Å²) in [5.41, 5.74) is -1.10. The van der Waals surface area contributed by atoms with Gasteiger partial charge in [-0.3, -0.25) is 4.79 Å². The fourth-order valence-electron chi connectivity index (χ4n) is 1.31. The van der Waals surface area contributed by atoms with Crippen LogP contribution < -0.4 is 10.6 Å². The second kappa shape index (κ2) is 6.34. The lowest BCUT2D eigenvalue weighted by atomic mass is 10.2. The number of nitrogens with one attached hydrogen (secondary N) is 2. The van der Waals surface area contributed by atoms with E-state index in [0.717, 1.165) is 0 Å². The first-order valence-electron chi connectivity index (χ1n) is 5.24. The number of hydrogen-bond acceptors (Lipinski definition) is 2. The summed E-state index contributed by atoms with van der Waals surface area (Å²) in [5, 5.41) is 4.60. The van der Waals surface area contributed by atoms with Crippen LogP contribution in [0, 0.1) is 23.3 Å². The Kier molecular flexibility index (Phi) is 5.08. The van der Waals surface area contributed by atoms with Crippen molar-refractivity contribution in [2.75, 3.05) is 18.9 Å². The van der Waals surface area contributed by atoms with Gasteiger partial charge in [-0.25, -0.2) is 17.6 Å². The van der Waals surface area contributed by atoms with Gasteiger partial charge >= 0.3 is 0 Å². The summed E-state index contributed by atoms with van der Waals surface area (Å²) in [6.07, 6.45) is 0.418. The van der Waals surface area contributed by atoms with Crippen LogP contribution in [-0.4, -0.2) is 19.5 Å². The van der Waals surface area contributed by atoms with Crippen molar-refractivity contribution < 1.29 is 22.4 Å². The van der Waals surface area contributed by atoms with Gasteiger partial charge in [-0.2, -0.15) is 0 Å². The van der Waals surface area contributed by atoms with Gasteiger partial charge in [-0.1, -0.05) is 0 Å². The molecule has 0 saturated carbocycles. The molecule has 100 valence electrons. The topological polar surface area (TPSA) is 41.1 Å². The molecule has 0 aliphatic carbocycles. The second-order valence-corrected chi connectivity index (χ2v) is 3.60. The summed E-state index contributed by atoms with van der Waals surface area (Å²) >= 11 is 0. The van der Waals surface area contributed by atoms with Crippen LogP contribution in [-0.2, 0) is 4.79 Å². The monoisotopic (exact) mass is 264 g/mol. The number of carbonyl (C=O) groups is 1. The summed E-state index contributed by atoms with van der Waals surface area (Å²) in [7, 11) is 1.68. The van der Waals surface area contributed by atoms with Crippen LogP contribution in [0.15, 0.2) is 6.07 Å². The average Bonchev–Trinajstić information content (AvgIpc) is 2.32. The van der Waals surface area contributed by atoms with Gasteiger partial charge in [-0.15, -0.1) is 0 Å². The smallest absolute Gasteiger partial charge is 0.224 e. The van der Waals surface area contributed by atoms with Crippen molar-refractivity contribution in [3.63, 3.8) is 0 Å². The molecule has 1 rings (SSSR count). The van der Waals surface area contributed by atoms with Gasteiger partial charge in [0.25, 0.3) is 0 Å². The maximum absolute atomic E-state index is 13.2. The molecule has 0 aromatic heterocycles. The van der Waals surface area contributed by atoms with Crippen molar-refractivity contribution in [2.45, 2.75) is 12.8 Å². The molecule has 0 heterocycles. The summed E-state index contributed by atoms with van der Waals surface area (Å²) < 4.78 is 52.0. The molecule has 0 fully saturated rings. The van der Waals surface area contributed by atoms with Crippen LogP contribution >= 0.6 is 0 Å². The normalized spacial score (nSPS) is 10.5. The third-order valence-electron chi connectivity index (χ3n) is 2.21. The van der Waals surface area contributed by atoms with Crippen LogP contribution in [0.5, 0.6) is 0 Å². The van der Waals surface area contributed by atoms with E-state index in [9.17, 15) is 22.4 Å². The van der Waals surface area contributed by atoms with E-state index >= 15 is 0 Å². The summed E-state index contributed by atoms with van der Waals surface area (Å²) in [6, 6.07) is 0.0846. The molecule has 0 bridgehead atoms. The van der Waals surface area contributed by atoms with Gasteiger partial charge in [0, 0.05) is 12.5 Å². The number of halogens is 4. The minimum atomic E-state index is -1.61. The molecule has 1 amide bonds. The van der Waals surface area contributed by atoms with E-state index in [0.29, 0.717) is 13.0 Å². The van der Waals surface area contributed by atoms with E-state index < -0.39 is 34.9 Å². The average molecular weight is 264 g/mol. The Labute approximate surface area is 101 Å². The Hall–Kier alpha value is -1.63. The molecule has 0 radical (unpaired) electrons. The molecule has 0 spiro atoms. The molecular formula is C11H12F4N2O. The van der Waals surface area contributed by atoms with Crippen molar-refractivity contribution >= 4 is 11.6 Å². The van der Waals surface area contributed by atoms with Crippen molar-refractivity contribution in [2.24, 2.45) is 0 Å². The highest BCUT2D eigenvalue weighted by atomic mass is 19.2. The first kappa shape index (κ1) is 14.4. The second-order valence-electron chi connectivity index (χ2n) is 3.60. The third-order valence-corrected chi connectivity index (χ3v) is 2.21. The molecule has 0 aliphatic rings. The largest absolute Gasteiger partial charge is 0.321 e. The van der Waals surface area contributed by atoms with Crippen LogP contribution in [0.25, 0.3) is 0 Å². The summed E-state index contributed by atoms with van der Waals surface area (Å²) in [5.74, 6) is -7.06. The Morgan fingerprint density at radius 3 is 2.22 bits per heavy atom. The van der Waals surface area contributed by atoms with E-state index in [1.54, 1.807) is 7.05 Å². The SMILES string of the molecule is CNCCCC(=O)Nc1c(F)c(F)cc(F)c1F. The fraction of sp³-hybridized carbons (Fsp3) is 0.364. The van der Waals surface area contributed by atoms with Crippen LogP contribution in [0.1, 0.15) is 12.8 Å². The third kappa shape index (κ3) is 3.43. The van der Waals surface area contributed by atoms with Crippen molar-refractivity contribution in [1.29, 1.82) is 0 Å². The van der Waals surface area contributed by atoms with Crippen molar-refractivity contribution in [3.8, 4) is 0 Å². The van der Waals surface area contributed by atoms with Crippen LogP contribution in [0.4, 0.5) is 23.2 Å². The zero-order valence-electron chi connectivity index (χ0n) is 9.62. The lowest BCUT2D eigenvalue weighted by molar-refractivity contribution is -0.116. The predicted octanol–water partition coefficient (Wildman–Crippen LogP) is 2.18. The maximum Gasteiger partial charge on any atom is 0.224 e.